The maximum atomic E-state index is 11.0. The molecule has 1 amide bonds. The van der Waals surface area contributed by atoms with Crippen LogP contribution in [0.25, 0.3) is 0 Å². The van der Waals surface area contributed by atoms with Gasteiger partial charge < -0.3 is 10.1 Å². The quantitative estimate of drug-likeness (QED) is 0.530. The highest BCUT2D eigenvalue weighted by Gasteiger charge is 2.05. The van der Waals surface area contributed by atoms with E-state index in [9.17, 15) is 4.79 Å². The van der Waals surface area contributed by atoms with Gasteiger partial charge in [0.05, 0.1) is 6.10 Å². The first-order valence-electron chi connectivity index (χ1n) is 4.93. The van der Waals surface area contributed by atoms with Crippen LogP contribution in [0, 0.1) is 5.92 Å². The Morgan fingerprint density at radius 2 is 2.14 bits per heavy atom. The van der Waals surface area contributed by atoms with Gasteiger partial charge in [-0.1, -0.05) is 12.8 Å². The topological polar surface area (TPSA) is 38.3 Å². The molecular weight excluding hydrogens is 198 g/mol. The Morgan fingerprint density at radius 3 is 2.64 bits per heavy atom. The van der Waals surface area contributed by atoms with Crippen molar-refractivity contribution in [3.05, 3.63) is 0 Å². The van der Waals surface area contributed by atoms with Gasteiger partial charge in [0, 0.05) is 6.54 Å². The molecule has 3 nitrogen and oxygen atoms in total. The van der Waals surface area contributed by atoms with Crippen LogP contribution in [-0.2, 0) is 4.74 Å². The Labute approximate surface area is 90.2 Å². The lowest BCUT2D eigenvalue weighted by molar-refractivity contribution is 0.115. The second-order valence-electron chi connectivity index (χ2n) is 3.68. The maximum absolute atomic E-state index is 11.0. The Balaban J connectivity index is 3.43. The zero-order chi connectivity index (χ0) is 11.0. The van der Waals surface area contributed by atoms with Gasteiger partial charge in [0.2, 0.25) is 0 Å². The van der Waals surface area contributed by atoms with Gasteiger partial charge in [-0.3, -0.25) is 0 Å². The molecule has 0 aromatic carbocycles. The summed E-state index contributed by atoms with van der Waals surface area (Å²) in [5.74, 6) is 5.46. The molecule has 0 bridgehead atoms. The summed E-state index contributed by atoms with van der Waals surface area (Å²) in [5, 5.41) is 2.72. The molecule has 0 aliphatic carbocycles. The van der Waals surface area contributed by atoms with Gasteiger partial charge in [0.25, 0.3) is 0 Å². The van der Waals surface area contributed by atoms with Crippen LogP contribution in [0.5, 0.6) is 0 Å². The molecule has 0 rings (SSSR count). The van der Waals surface area contributed by atoms with E-state index in [1.807, 2.05) is 13.8 Å². The van der Waals surface area contributed by atoms with Crippen molar-refractivity contribution < 1.29 is 9.53 Å². The molecule has 0 heterocycles. The fourth-order valence-electron chi connectivity index (χ4n) is 0.988. The highest BCUT2D eigenvalue weighted by atomic mass is 32.1. The predicted molar refractivity (Wildman–Crippen MR) is 64.4 cm³/mol. The minimum absolute atomic E-state index is 0.0502. The van der Waals surface area contributed by atoms with Crippen molar-refractivity contribution in [2.45, 2.75) is 33.3 Å². The second-order valence-corrected chi connectivity index (χ2v) is 4.49. The molecule has 0 aliphatic heterocycles. The molecule has 4 heteroatoms. The average Bonchev–Trinajstić information content (AvgIpc) is 2.02. The summed E-state index contributed by atoms with van der Waals surface area (Å²) >= 11 is 1.17. The van der Waals surface area contributed by atoms with E-state index in [0.29, 0.717) is 12.5 Å². The van der Waals surface area contributed by atoms with Crippen molar-refractivity contribution >= 4 is 23.3 Å². The highest BCUT2D eigenvalue weighted by molar-refractivity contribution is 7.96. The van der Waals surface area contributed by atoms with E-state index < -0.39 is 0 Å². The van der Waals surface area contributed by atoms with Gasteiger partial charge in [0.1, 0.15) is 0 Å². The van der Waals surface area contributed by atoms with Gasteiger partial charge in [-0.2, -0.15) is 0 Å². The van der Waals surface area contributed by atoms with Gasteiger partial charge in [-0.25, -0.2) is 16.1 Å². The Hall–Kier alpha value is -0.510. The summed E-state index contributed by atoms with van der Waals surface area (Å²) in [6.07, 6.45) is 0.612. The van der Waals surface area contributed by atoms with E-state index in [4.69, 9.17) is 4.74 Å². The number of amides is 1. The molecule has 0 aromatic rings. The molecule has 0 fully saturated rings. The van der Waals surface area contributed by atoms with E-state index in [0.717, 1.165) is 12.2 Å². The zero-order valence-electron chi connectivity index (χ0n) is 9.25. The van der Waals surface area contributed by atoms with E-state index in [1.165, 1.54) is 11.4 Å². The molecular formula is C10H21NO2S. The molecule has 1 unspecified atom stereocenters. The minimum atomic E-state index is -0.320. The maximum Gasteiger partial charge on any atom is 0.407 e. The first-order valence-corrected chi connectivity index (χ1v) is 6.19. The molecule has 0 aliphatic rings. The Bertz CT molecular complexity index is 183. The van der Waals surface area contributed by atoms with Crippen molar-refractivity contribution in [2.75, 3.05) is 12.3 Å². The van der Waals surface area contributed by atoms with Crippen LogP contribution >= 0.6 is 11.4 Å². The van der Waals surface area contributed by atoms with Crippen LogP contribution in [0.1, 0.15) is 27.2 Å². The largest absolute Gasteiger partial charge is 0.447 e. The minimum Gasteiger partial charge on any atom is -0.447 e. The summed E-state index contributed by atoms with van der Waals surface area (Å²) in [6, 6.07) is 0. The number of nitrogens with one attached hydrogen (secondary N) is 1. The van der Waals surface area contributed by atoms with Crippen LogP contribution in [-0.4, -0.2) is 30.4 Å². The molecule has 0 spiro atoms. The van der Waals surface area contributed by atoms with Crippen LogP contribution in [0.2, 0.25) is 0 Å². The van der Waals surface area contributed by atoms with E-state index in [-0.39, 0.29) is 12.2 Å². The number of hydrogen-bond acceptors (Lipinski definition) is 2. The molecule has 0 radical (unpaired) electrons. The summed E-state index contributed by atoms with van der Waals surface area (Å²) in [4.78, 5) is 11.0. The number of ether oxygens (including phenoxy) is 1. The first-order chi connectivity index (χ1) is 6.56. The molecule has 1 atom stereocenters. The van der Waals surface area contributed by atoms with Crippen molar-refractivity contribution in [1.82, 2.24) is 5.32 Å². The van der Waals surface area contributed by atoms with Gasteiger partial charge in [-0.15, -0.1) is 0 Å². The molecule has 14 heavy (non-hydrogen) atoms. The van der Waals surface area contributed by atoms with E-state index in [1.54, 1.807) is 0 Å². The number of alkyl carbamates (subject to hydrolysis) is 1. The van der Waals surface area contributed by atoms with Crippen molar-refractivity contribution in [2.24, 2.45) is 5.92 Å². The summed E-state index contributed by atoms with van der Waals surface area (Å²) in [7, 11) is 0. The fourth-order valence-corrected chi connectivity index (χ4v) is 1.61. The van der Waals surface area contributed by atoms with Gasteiger partial charge >= 0.3 is 6.09 Å². The zero-order valence-corrected chi connectivity index (χ0v) is 10.1. The van der Waals surface area contributed by atoms with Crippen LogP contribution < -0.4 is 5.32 Å². The molecule has 84 valence electrons. The number of carbonyl (C=O) groups is 1. The molecule has 0 saturated carbocycles. The third-order valence-electron chi connectivity index (χ3n) is 1.69. The normalized spacial score (nSPS) is 12.6. The Morgan fingerprint density at radius 1 is 1.50 bits per heavy atom. The van der Waals surface area contributed by atoms with Crippen molar-refractivity contribution in [1.29, 1.82) is 0 Å². The van der Waals surface area contributed by atoms with E-state index >= 15 is 0 Å². The first kappa shape index (κ1) is 13.5. The van der Waals surface area contributed by atoms with Crippen LogP contribution in [0.15, 0.2) is 0 Å². The number of carbonyl (C=O) groups excluding carboxylic acids is 1. The summed E-state index contributed by atoms with van der Waals surface area (Å²) in [6.45, 7) is 6.52. The SMILES string of the molecule is C=[SH]CC(C)CCNC(=O)OC(C)C. The summed E-state index contributed by atoms with van der Waals surface area (Å²) in [5.41, 5.74) is 0. The Kier molecular flexibility index (Phi) is 7.57. The fraction of sp³-hybridized carbons (Fsp3) is 0.800. The highest BCUT2D eigenvalue weighted by Crippen LogP contribution is 2.03. The lowest BCUT2D eigenvalue weighted by Crippen LogP contribution is -2.28. The summed E-state index contributed by atoms with van der Waals surface area (Å²) < 4.78 is 4.93. The number of rotatable bonds is 6. The monoisotopic (exact) mass is 219 g/mol. The lowest BCUT2D eigenvalue weighted by Gasteiger charge is -2.11. The average molecular weight is 219 g/mol. The van der Waals surface area contributed by atoms with Crippen LogP contribution in [0.4, 0.5) is 4.79 Å². The van der Waals surface area contributed by atoms with Gasteiger partial charge in [-0.05, 0) is 31.9 Å². The smallest absolute Gasteiger partial charge is 0.407 e. The third kappa shape index (κ3) is 8.10. The van der Waals surface area contributed by atoms with E-state index in [2.05, 4.69) is 18.1 Å². The van der Waals surface area contributed by atoms with Crippen molar-refractivity contribution in [3.8, 4) is 0 Å². The standard InChI is InChI=1S/C10H21NO2S/c1-8(2)13-10(12)11-6-5-9(3)7-14-4/h8-9,14H,4-7H2,1-3H3,(H,11,12). The third-order valence-corrected chi connectivity index (χ3v) is 2.57. The second kappa shape index (κ2) is 7.85. The number of hydrogen-bond donors (Lipinski definition) is 2. The van der Waals surface area contributed by atoms with Gasteiger partial charge in [0.15, 0.2) is 0 Å². The van der Waals surface area contributed by atoms with Crippen molar-refractivity contribution in [3.63, 3.8) is 0 Å². The molecule has 0 saturated heterocycles. The molecule has 0 aromatic heterocycles. The number of thiol groups is 1. The predicted octanol–water partition coefficient (Wildman–Crippen LogP) is 2.04. The molecule has 1 N–H and O–H groups in total. The van der Waals surface area contributed by atoms with Crippen LogP contribution in [0.3, 0.4) is 0 Å². The lowest BCUT2D eigenvalue weighted by atomic mass is 10.1.